The van der Waals surface area contributed by atoms with Gasteiger partial charge in [-0.25, -0.2) is 9.59 Å². The molecule has 1 aromatic rings. The molecule has 0 aliphatic rings. The molecule has 0 spiro atoms. The summed E-state index contributed by atoms with van der Waals surface area (Å²) in [5.41, 5.74) is -0.176. The predicted octanol–water partition coefficient (Wildman–Crippen LogP) is 2.25. The van der Waals surface area contributed by atoms with E-state index in [4.69, 9.17) is 9.84 Å². The lowest BCUT2D eigenvalue weighted by molar-refractivity contribution is 0.0167. The van der Waals surface area contributed by atoms with Crippen molar-refractivity contribution >= 4 is 12.1 Å². The maximum absolute atomic E-state index is 12.1. The number of rotatable bonds is 4. The second-order valence-electron chi connectivity index (χ2n) is 5.77. The third-order valence-corrected chi connectivity index (χ3v) is 2.53. The minimum atomic E-state index is -1.08. The maximum Gasteiger partial charge on any atom is 0.410 e. The van der Waals surface area contributed by atoms with Gasteiger partial charge in [-0.2, -0.15) is 5.10 Å². The second-order valence-corrected chi connectivity index (χ2v) is 5.77. The van der Waals surface area contributed by atoms with E-state index in [-0.39, 0.29) is 18.2 Å². The number of nitrogens with one attached hydrogen (secondary N) is 1. The Morgan fingerprint density at radius 3 is 2.50 bits per heavy atom. The molecule has 1 aromatic heterocycles. The van der Waals surface area contributed by atoms with Crippen LogP contribution in [0.2, 0.25) is 0 Å². The van der Waals surface area contributed by atoms with Crippen LogP contribution >= 0.6 is 0 Å². The van der Waals surface area contributed by atoms with Gasteiger partial charge in [-0.1, -0.05) is 0 Å². The quantitative estimate of drug-likeness (QED) is 0.883. The minimum Gasteiger partial charge on any atom is -0.478 e. The number of ether oxygens (including phenoxy) is 1. The number of aromatic nitrogens is 2. The van der Waals surface area contributed by atoms with Crippen LogP contribution in [-0.4, -0.2) is 43.9 Å². The summed E-state index contributed by atoms with van der Waals surface area (Å²) in [6, 6.07) is -0.130. The van der Waals surface area contributed by atoms with Gasteiger partial charge in [0.1, 0.15) is 11.2 Å². The van der Waals surface area contributed by atoms with E-state index in [1.165, 1.54) is 11.1 Å². The summed E-state index contributed by atoms with van der Waals surface area (Å²) in [6.45, 7) is 9.11. The van der Waals surface area contributed by atoms with Crippen LogP contribution in [0.3, 0.4) is 0 Å². The van der Waals surface area contributed by atoms with Gasteiger partial charge in [0.05, 0.1) is 18.4 Å². The number of aromatic amines is 1. The topological polar surface area (TPSA) is 95.5 Å². The van der Waals surface area contributed by atoms with E-state index in [2.05, 4.69) is 10.2 Å². The van der Waals surface area contributed by atoms with Gasteiger partial charge in [-0.05, 0) is 34.6 Å². The molecular weight excluding hydrogens is 262 g/mol. The summed E-state index contributed by atoms with van der Waals surface area (Å²) in [7, 11) is 0. The zero-order valence-electron chi connectivity index (χ0n) is 12.4. The van der Waals surface area contributed by atoms with E-state index < -0.39 is 17.7 Å². The Labute approximate surface area is 117 Å². The lowest BCUT2D eigenvalue weighted by atomic mass is 10.2. The highest BCUT2D eigenvalue weighted by atomic mass is 16.6. The average Bonchev–Trinajstić information content (AvgIpc) is 2.70. The first-order chi connectivity index (χ1) is 9.11. The lowest BCUT2D eigenvalue weighted by Gasteiger charge is -2.29. The minimum absolute atomic E-state index is 0.0548. The van der Waals surface area contributed by atoms with Crippen molar-refractivity contribution in [2.45, 2.75) is 52.8 Å². The fraction of sp³-hybridized carbons (Fsp3) is 0.615. The lowest BCUT2D eigenvalue weighted by Crippen LogP contribution is -2.40. The monoisotopic (exact) mass is 283 g/mol. The van der Waals surface area contributed by atoms with E-state index in [1.807, 2.05) is 13.8 Å². The Morgan fingerprint density at radius 2 is 2.05 bits per heavy atom. The molecule has 0 saturated carbocycles. The number of aromatic carboxylic acids is 1. The smallest absolute Gasteiger partial charge is 0.410 e. The molecule has 0 radical (unpaired) electrons. The van der Waals surface area contributed by atoms with E-state index in [0.717, 1.165) is 0 Å². The molecule has 1 amide bonds. The van der Waals surface area contributed by atoms with Gasteiger partial charge in [0.2, 0.25) is 0 Å². The van der Waals surface area contributed by atoms with Crippen LogP contribution in [-0.2, 0) is 11.3 Å². The van der Waals surface area contributed by atoms with Gasteiger partial charge in [0, 0.05) is 6.04 Å². The molecule has 1 rings (SSSR count). The van der Waals surface area contributed by atoms with Crippen molar-refractivity contribution in [2.24, 2.45) is 0 Å². The van der Waals surface area contributed by atoms with E-state index in [0.29, 0.717) is 5.69 Å². The molecule has 0 atom stereocenters. The van der Waals surface area contributed by atoms with Crippen molar-refractivity contribution in [3.8, 4) is 0 Å². The molecule has 20 heavy (non-hydrogen) atoms. The molecule has 0 fully saturated rings. The zero-order valence-corrected chi connectivity index (χ0v) is 12.4. The zero-order chi connectivity index (χ0) is 15.5. The number of H-pyrrole nitrogens is 1. The van der Waals surface area contributed by atoms with Crippen LogP contribution in [0, 0.1) is 0 Å². The molecule has 112 valence electrons. The Hall–Kier alpha value is -2.05. The van der Waals surface area contributed by atoms with Gasteiger partial charge in [-0.15, -0.1) is 0 Å². The van der Waals surface area contributed by atoms with Crippen LogP contribution in [0.15, 0.2) is 6.20 Å². The molecule has 0 bridgehead atoms. The van der Waals surface area contributed by atoms with Crippen LogP contribution < -0.4 is 0 Å². The number of nitrogens with zero attached hydrogens (tertiary/aromatic N) is 2. The maximum atomic E-state index is 12.1. The Balaban J connectivity index is 2.90. The molecule has 7 nitrogen and oxygen atoms in total. The molecule has 1 heterocycles. The summed E-state index contributed by atoms with van der Waals surface area (Å²) in [4.78, 5) is 24.6. The first-order valence-electron chi connectivity index (χ1n) is 6.37. The first-order valence-corrected chi connectivity index (χ1v) is 6.37. The third kappa shape index (κ3) is 4.25. The van der Waals surface area contributed by atoms with Crippen molar-refractivity contribution in [1.82, 2.24) is 15.1 Å². The second kappa shape index (κ2) is 5.94. The van der Waals surface area contributed by atoms with Crippen molar-refractivity contribution in [2.75, 3.05) is 0 Å². The summed E-state index contributed by atoms with van der Waals surface area (Å²) >= 11 is 0. The molecular formula is C13H21N3O4. The molecule has 0 aliphatic heterocycles. The van der Waals surface area contributed by atoms with Crippen LogP contribution in [0.4, 0.5) is 4.79 Å². The van der Waals surface area contributed by atoms with Gasteiger partial charge in [0.15, 0.2) is 0 Å². The highest BCUT2D eigenvalue weighted by Crippen LogP contribution is 2.16. The number of carbonyl (C=O) groups excluding carboxylic acids is 1. The van der Waals surface area contributed by atoms with Crippen molar-refractivity contribution in [1.29, 1.82) is 0 Å². The van der Waals surface area contributed by atoms with Gasteiger partial charge in [-0.3, -0.25) is 10.00 Å². The number of carboxylic acids is 1. The Kier molecular flexibility index (Phi) is 4.75. The standard InChI is InChI=1S/C13H21N3O4/c1-8(2)16(12(19)20-13(3,4)5)7-10-9(11(17)18)6-14-15-10/h6,8H,7H2,1-5H3,(H,14,15)(H,17,18). The highest BCUT2D eigenvalue weighted by Gasteiger charge is 2.26. The Bertz CT molecular complexity index is 488. The van der Waals surface area contributed by atoms with Crippen molar-refractivity contribution < 1.29 is 19.4 Å². The number of hydrogen-bond donors (Lipinski definition) is 2. The first kappa shape index (κ1) is 16.0. The molecule has 0 aliphatic carbocycles. The van der Waals surface area contributed by atoms with E-state index in [9.17, 15) is 9.59 Å². The van der Waals surface area contributed by atoms with Gasteiger partial charge < -0.3 is 9.84 Å². The average molecular weight is 283 g/mol. The normalized spacial score (nSPS) is 11.5. The molecule has 0 aromatic carbocycles. The SMILES string of the molecule is CC(C)N(Cc1[nH]ncc1C(=O)O)C(=O)OC(C)(C)C. The van der Waals surface area contributed by atoms with E-state index in [1.54, 1.807) is 20.8 Å². The highest BCUT2D eigenvalue weighted by molar-refractivity contribution is 5.88. The molecule has 7 heteroatoms. The number of hydrogen-bond acceptors (Lipinski definition) is 4. The van der Waals surface area contributed by atoms with Crippen LogP contribution in [0.5, 0.6) is 0 Å². The van der Waals surface area contributed by atoms with Crippen molar-refractivity contribution in [3.05, 3.63) is 17.5 Å². The fourth-order valence-electron chi connectivity index (χ4n) is 1.57. The molecule has 0 unspecified atom stereocenters. The number of amides is 1. The fourth-order valence-corrected chi connectivity index (χ4v) is 1.57. The number of carboxylic acid groups (broad SMARTS) is 1. The van der Waals surface area contributed by atoms with Gasteiger partial charge in [0.25, 0.3) is 0 Å². The van der Waals surface area contributed by atoms with Crippen molar-refractivity contribution in [3.63, 3.8) is 0 Å². The summed E-state index contributed by atoms with van der Waals surface area (Å²) in [6.07, 6.45) is 0.740. The number of carbonyl (C=O) groups is 2. The van der Waals surface area contributed by atoms with Gasteiger partial charge >= 0.3 is 12.1 Å². The van der Waals surface area contributed by atoms with Crippen LogP contribution in [0.25, 0.3) is 0 Å². The third-order valence-electron chi connectivity index (χ3n) is 2.53. The summed E-state index contributed by atoms with van der Waals surface area (Å²) in [5, 5.41) is 15.4. The molecule has 0 saturated heterocycles. The largest absolute Gasteiger partial charge is 0.478 e. The van der Waals surface area contributed by atoms with E-state index >= 15 is 0 Å². The van der Waals surface area contributed by atoms with Crippen LogP contribution in [0.1, 0.15) is 50.7 Å². The summed E-state index contributed by atoms with van der Waals surface area (Å²) < 4.78 is 5.32. The molecule has 2 N–H and O–H groups in total. The Morgan fingerprint density at radius 1 is 1.45 bits per heavy atom. The predicted molar refractivity (Wildman–Crippen MR) is 72.5 cm³/mol. The summed E-state index contributed by atoms with van der Waals surface area (Å²) in [5.74, 6) is -1.08.